The molecule has 3 rings (SSSR count). The number of hydrogen-bond acceptors (Lipinski definition) is 2. The molecule has 0 bridgehead atoms. The largest absolute Gasteiger partial charge is 0.379 e. The molecule has 2 unspecified atom stereocenters. The van der Waals surface area contributed by atoms with Crippen molar-refractivity contribution in [3.63, 3.8) is 0 Å². The Kier molecular flexibility index (Phi) is 3.46. The second-order valence-corrected chi connectivity index (χ2v) is 6.40. The number of hydrogen-bond donors (Lipinski definition) is 1. The van der Waals surface area contributed by atoms with E-state index in [0.717, 1.165) is 35.1 Å². The molecule has 1 aliphatic carbocycles. The van der Waals surface area contributed by atoms with Gasteiger partial charge in [-0.1, -0.05) is 31.2 Å². The number of rotatable bonds is 2. The molecule has 3 nitrogen and oxygen atoms in total. The first-order valence-corrected chi connectivity index (χ1v) is 7.90. The summed E-state index contributed by atoms with van der Waals surface area (Å²) in [5.41, 5.74) is 2.19. The first-order valence-electron chi connectivity index (χ1n) is 7.11. The van der Waals surface area contributed by atoms with Crippen LogP contribution in [0.3, 0.4) is 0 Å². The number of halogens is 1. The highest BCUT2D eigenvalue weighted by Gasteiger charge is 2.41. The van der Waals surface area contributed by atoms with Gasteiger partial charge in [0.2, 0.25) is 0 Å². The summed E-state index contributed by atoms with van der Waals surface area (Å²) in [5, 5.41) is 15.8. The lowest BCUT2D eigenvalue weighted by Gasteiger charge is -2.37. The van der Waals surface area contributed by atoms with Gasteiger partial charge in [0, 0.05) is 6.54 Å². The number of aliphatic hydroxyl groups is 1. The van der Waals surface area contributed by atoms with Crippen molar-refractivity contribution in [2.24, 2.45) is 0 Å². The van der Waals surface area contributed by atoms with Crippen molar-refractivity contribution >= 4 is 15.9 Å². The van der Waals surface area contributed by atoms with Crippen LogP contribution in [-0.2, 0) is 12.1 Å². The second-order valence-electron chi connectivity index (χ2n) is 5.54. The lowest BCUT2D eigenvalue weighted by atomic mass is 9.73. The van der Waals surface area contributed by atoms with Crippen LogP contribution < -0.4 is 0 Å². The third-order valence-electron chi connectivity index (χ3n) is 4.36. The molecule has 1 aromatic carbocycles. The molecule has 0 saturated carbocycles. The molecule has 1 aliphatic rings. The van der Waals surface area contributed by atoms with Crippen molar-refractivity contribution in [2.45, 2.75) is 44.8 Å². The molecule has 0 fully saturated rings. The Labute approximate surface area is 127 Å². The van der Waals surface area contributed by atoms with E-state index in [2.05, 4.69) is 34.0 Å². The van der Waals surface area contributed by atoms with Crippen LogP contribution in [-0.4, -0.2) is 14.9 Å². The van der Waals surface area contributed by atoms with E-state index < -0.39 is 5.60 Å². The molecule has 0 aliphatic heterocycles. The zero-order valence-corrected chi connectivity index (χ0v) is 13.4. The summed E-state index contributed by atoms with van der Waals surface area (Å²) in [7, 11) is 0. The van der Waals surface area contributed by atoms with E-state index >= 15 is 0 Å². The molecule has 20 heavy (non-hydrogen) atoms. The van der Waals surface area contributed by atoms with Gasteiger partial charge in [-0.3, -0.25) is 4.68 Å². The quantitative estimate of drug-likeness (QED) is 0.907. The fourth-order valence-electron chi connectivity index (χ4n) is 3.28. The van der Waals surface area contributed by atoms with Gasteiger partial charge < -0.3 is 5.11 Å². The molecule has 2 aromatic rings. The first kappa shape index (κ1) is 13.8. The normalized spacial score (nSPS) is 25.5. The van der Waals surface area contributed by atoms with E-state index in [1.165, 1.54) is 5.56 Å². The van der Waals surface area contributed by atoms with Gasteiger partial charge in [0.25, 0.3) is 0 Å². The molecule has 2 atom stereocenters. The molecule has 4 heteroatoms. The fraction of sp³-hybridized carbons (Fsp3) is 0.438. The standard InChI is InChI=1S/C16H19BrN2O/c1-3-19-15(14(17)10-18-19)16(20)9-8-11(2)12-6-4-5-7-13(12)16/h4-7,10-11,20H,3,8-9H2,1-2H3. The maximum Gasteiger partial charge on any atom is 0.133 e. The molecule has 1 aromatic heterocycles. The number of aryl methyl sites for hydroxylation is 1. The van der Waals surface area contributed by atoms with Crippen LogP contribution in [0.4, 0.5) is 0 Å². The maximum absolute atomic E-state index is 11.4. The summed E-state index contributed by atoms with van der Waals surface area (Å²) in [6.45, 7) is 5.02. The number of aromatic nitrogens is 2. The molecule has 0 amide bonds. The van der Waals surface area contributed by atoms with E-state index in [-0.39, 0.29) is 0 Å². The Morgan fingerprint density at radius 2 is 2.20 bits per heavy atom. The lowest BCUT2D eigenvalue weighted by molar-refractivity contribution is 0.0481. The van der Waals surface area contributed by atoms with Crippen molar-refractivity contribution in [3.8, 4) is 0 Å². The molecule has 1 N–H and O–H groups in total. The predicted octanol–water partition coefficient (Wildman–Crippen LogP) is 3.80. The Bertz CT molecular complexity index is 637. The zero-order chi connectivity index (χ0) is 14.3. The topological polar surface area (TPSA) is 38.0 Å². The molecule has 0 radical (unpaired) electrons. The van der Waals surface area contributed by atoms with Crippen molar-refractivity contribution in [1.82, 2.24) is 9.78 Å². The third kappa shape index (κ3) is 1.93. The Morgan fingerprint density at radius 1 is 1.45 bits per heavy atom. The molecular formula is C16H19BrN2O. The highest BCUT2D eigenvalue weighted by atomic mass is 79.9. The third-order valence-corrected chi connectivity index (χ3v) is 4.94. The summed E-state index contributed by atoms with van der Waals surface area (Å²) in [6, 6.07) is 8.23. The number of fused-ring (bicyclic) bond motifs is 1. The summed E-state index contributed by atoms with van der Waals surface area (Å²) in [5.74, 6) is 0.489. The van der Waals surface area contributed by atoms with Crippen molar-refractivity contribution in [3.05, 3.63) is 51.8 Å². The van der Waals surface area contributed by atoms with Gasteiger partial charge in [-0.25, -0.2) is 0 Å². The van der Waals surface area contributed by atoms with Gasteiger partial charge in [0.05, 0.1) is 16.4 Å². The summed E-state index contributed by atoms with van der Waals surface area (Å²) < 4.78 is 2.77. The minimum Gasteiger partial charge on any atom is -0.379 e. The fourth-order valence-corrected chi connectivity index (χ4v) is 3.90. The Balaban J connectivity index is 2.23. The monoisotopic (exact) mass is 334 g/mol. The van der Waals surface area contributed by atoms with E-state index in [0.29, 0.717) is 5.92 Å². The van der Waals surface area contributed by atoms with Crippen LogP contribution in [0.25, 0.3) is 0 Å². The molecular weight excluding hydrogens is 316 g/mol. The molecule has 106 valence electrons. The number of benzene rings is 1. The maximum atomic E-state index is 11.4. The first-order chi connectivity index (χ1) is 9.58. The molecule has 1 heterocycles. The number of nitrogens with zero attached hydrogens (tertiary/aromatic N) is 2. The van der Waals surface area contributed by atoms with Crippen molar-refractivity contribution in [2.75, 3.05) is 0 Å². The highest BCUT2D eigenvalue weighted by molar-refractivity contribution is 9.10. The van der Waals surface area contributed by atoms with Gasteiger partial charge in [-0.2, -0.15) is 5.10 Å². The average Bonchev–Trinajstić information content (AvgIpc) is 2.85. The van der Waals surface area contributed by atoms with Crippen LogP contribution in [0.1, 0.15) is 49.4 Å². The smallest absolute Gasteiger partial charge is 0.133 e. The average molecular weight is 335 g/mol. The van der Waals surface area contributed by atoms with Crippen LogP contribution in [0.5, 0.6) is 0 Å². The van der Waals surface area contributed by atoms with Gasteiger partial charge in [-0.05, 0) is 52.7 Å². The predicted molar refractivity (Wildman–Crippen MR) is 82.7 cm³/mol. The lowest BCUT2D eigenvalue weighted by Crippen LogP contribution is -2.35. The Hall–Kier alpha value is -1.13. The van der Waals surface area contributed by atoms with Crippen LogP contribution in [0.15, 0.2) is 34.9 Å². The second kappa shape index (κ2) is 5.01. The van der Waals surface area contributed by atoms with Gasteiger partial charge in [0.1, 0.15) is 5.60 Å². The summed E-state index contributed by atoms with van der Waals surface area (Å²) in [4.78, 5) is 0. The zero-order valence-electron chi connectivity index (χ0n) is 11.8. The van der Waals surface area contributed by atoms with Crippen LogP contribution in [0, 0.1) is 0 Å². The van der Waals surface area contributed by atoms with Gasteiger partial charge in [0.15, 0.2) is 0 Å². The minimum absolute atomic E-state index is 0.489. The van der Waals surface area contributed by atoms with Crippen molar-refractivity contribution < 1.29 is 5.11 Å². The minimum atomic E-state index is -0.950. The van der Waals surface area contributed by atoms with E-state index in [1.807, 2.05) is 29.8 Å². The SMILES string of the molecule is CCn1ncc(Br)c1C1(O)CCC(C)c2ccccc21. The highest BCUT2D eigenvalue weighted by Crippen LogP contribution is 2.46. The van der Waals surface area contributed by atoms with Crippen LogP contribution in [0.2, 0.25) is 0 Å². The Morgan fingerprint density at radius 3 is 2.95 bits per heavy atom. The van der Waals surface area contributed by atoms with Gasteiger partial charge in [-0.15, -0.1) is 0 Å². The summed E-state index contributed by atoms with van der Waals surface area (Å²) in [6.07, 6.45) is 3.49. The summed E-state index contributed by atoms with van der Waals surface area (Å²) >= 11 is 3.55. The van der Waals surface area contributed by atoms with E-state index in [9.17, 15) is 5.11 Å². The van der Waals surface area contributed by atoms with E-state index in [1.54, 1.807) is 6.20 Å². The molecule has 0 saturated heterocycles. The van der Waals surface area contributed by atoms with E-state index in [4.69, 9.17) is 0 Å². The van der Waals surface area contributed by atoms with Crippen molar-refractivity contribution in [1.29, 1.82) is 0 Å². The molecule has 0 spiro atoms. The van der Waals surface area contributed by atoms with Crippen LogP contribution >= 0.6 is 15.9 Å². The van der Waals surface area contributed by atoms with Gasteiger partial charge >= 0.3 is 0 Å².